The highest BCUT2D eigenvalue weighted by Gasteiger charge is 2.30. The van der Waals surface area contributed by atoms with Gasteiger partial charge in [-0.05, 0) is 30.5 Å². The Labute approximate surface area is 162 Å². The lowest BCUT2D eigenvalue weighted by molar-refractivity contribution is 0.207. The van der Waals surface area contributed by atoms with Crippen molar-refractivity contribution in [3.63, 3.8) is 0 Å². The highest BCUT2D eigenvalue weighted by Crippen LogP contribution is 2.34. The van der Waals surface area contributed by atoms with Crippen molar-refractivity contribution < 1.29 is 9.53 Å². The number of methoxy groups -OCH3 is 1. The number of likely N-dealkylation sites (tertiary alicyclic amines) is 1. The minimum Gasteiger partial charge on any atom is -0.497 e. The molecule has 1 fully saturated rings. The summed E-state index contributed by atoms with van der Waals surface area (Å²) in [6.45, 7) is 0.741. The second-order valence-electron chi connectivity index (χ2n) is 6.46. The van der Waals surface area contributed by atoms with E-state index in [0.717, 1.165) is 42.0 Å². The predicted octanol–water partition coefficient (Wildman–Crippen LogP) is 5.19. The van der Waals surface area contributed by atoms with Crippen LogP contribution < -0.4 is 10.1 Å². The summed E-state index contributed by atoms with van der Waals surface area (Å²) >= 11 is 1.44. The second kappa shape index (κ2) is 7.80. The number of aromatic nitrogens is 1. The van der Waals surface area contributed by atoms with Crippen LogP contribution in [0.3, 0.4) is 0 Å². The van der Waals surface area contributed by atoms with Crippen LogP contribution in [0.25, 0.3) is 11.3 Å². The number of urea groups is 1. The van der Waals surface area contributed by atoms with Gasteiger partial charge in [0.1, 0.15) is 5.75 Å². The van der Waals surface area contributed by atoms with E-state index in [9.17, 15) is 4.79 Å². The molecule has 0 aliphatic carbocycles. The quantitative estimate of drug-likeness (QED) is 0.679. The number of nitrogens with one attached hydrogen (secondary N) is 1. The van der Waals surface area contributed by atoms with E-state index in [0.29, 0.717) is 5.13 Å². The third-order valence-corrected chi connectivity index (χ3v) is 5.54. The minimum atomic E-state index is -0.103. The van der Waals surface area contributed by atoms with Crippen molar-refractivity contribution in [3.05, 3.63) is 65.5 Å². The number of benzene rings is 2. The van der Waals surface area contributed by atoms with E-state index in [1.54, 1.807) is 7.11 Å². The zero-order valence-electron chi connectivity index (χ0n) is 15.1. The molecule has 1 aromatic heterocycles. The predicted molar refractivity (Wildman–Crippen MR) is 108 cm³/mol. The van der Waals surface area contributed by atoms with Crippen molar-refractivity contribution in [2.75, 3.05) is 19.0 Å². The van der Waals surface area contributed by atoms with Crippen molar-refractivity contribution in [1.29, 1.82) is 0 Å². The summed E-state index contributed by atoms with van der Waals surface area (Å²) in [5.41, 5.74) is 3.03. The Morgan fingerprint density at radius 2 is 2.07 bits per heavy atom. The normalized spacial score (nSPS) is 16.3. The van der Waals surface area contributed by atoms with Crippen LogP contribution in [-0.2, 0) is 0 Å². The number of anilines is 1. The number of hydrogen-bond acceptors (Lipinski definition) is 4. The van der Waals surface area contributed by atoms with E-state index in [1.807, 2.05) is 58.8 Å². The van der Waals surface area contributed by atoms with E-state index >= 15 is 0 Å². The lowest BCUT2D eigenvalue weighted by Gasteiger charge is -2.25. The third-order valence-electron chi connectivity index (χ3n) is 4.78. The van der Waals surface area contributed by atoms with Gasteiger partial charge in [-0.2, -0.15) is 0 Å². The molecule has 3 aromatic rings. The van der Waals surface area contributed by atoms with Crippen LogP contribution >= 0.6 is 11.3 Å². The fourth-order valence-corrected chi connectivity index (χ4v) is 4.15. The smallest absolute Gasteiger partial charge is 0.324 e. The Morgan fingerprint density at radius 1 is 1.22 bits per heavy atom. The zero-order chi connectivity index (χ0) is 18.6. The number of carbonyl (C=O) groups excluding carboxylic acids is 1. The molecule has 0 saturated carbocycles. The molecule has 138 valence electrons. The van der Waals surface area contributed by atoms with Gasteiger partial charge < -0.3 is 9.64 Å². The molecule has 1 N–H and O–H groups in total. The first kappa shape index (κ1) is 17.5. The topological polar surface area (TPSA) is 54.5 Å². The number of amides is 2. The molecular weight excluding hydrogens is 358 g/mol. The number of thiazole rings is 1. The molecule has 1 aliphatic heterocycles. The summed E-state index contributed by atoms with van der Waals surface area (Å²) < 4.78 is 5.32. The molecule has 2 aromatic carbocycles. The van der Waals surface area contributed by atoms with Crippen LogP contribution in [0.2, 0.25) is 0 Å². The maximum Gasteiger partial charge on any atom is 0.324 e. The van der Waals surface area contributed by atoms with Crippen LogP contribution in [0.4, 0.5) is 9.93 Å². The number of carbonyl (C=O) groups is 1. The van der Waals surface area contributed by atoms with Crippen LogP contribution in [0, 0.1) is 0 Å². The molecule has 1 saturated heterocycles. The van der Waals surface area contributed by atoms with E-state index in [-0.39, 0.29) is 12.1 Å². The van der Waals surface area contributed by atoms with Gasteiger partial charge in [0, 0.05) is 17.5 Å². The number of hydrogen-bond donors (Lipinski definition) is 1. The first-order valence-corrected chi connectivity index (χ1v) is 9.85. The average molecular weight is 379 g/mol. The Balaban J connectivity index is 1.48. The van der Waals surface area contributed by atoms with E-state index in [2.05, 4.69) is 16.4 Å². The van der Waals surface area contributed by atoms with Crippen molar-refractivity contribution in [2.45, 2.75) is 18.9 Å². The van der Waals surface area contributed by atoms with Gasteiger partial charge in [-0.1, -0.05) is 42.5 Å². The third kappa shape index (κ3) is 3.80. The van der Waals surface area contributed by atoms with Gasteiger partial charge in [-0.3, -0.25) is 5.32 Å². The molecule has 1 unspecified atom stereocenters. The standard InChI is InChI=1S/C21H21N3O2S/c1-26-17-10-5-9-16(13-17)19-11-6-12-24(19)21(25)23-20-22-18(14-27-20)15-7-3-2-4-8-15/h2-5,7-10,13-14,19H,6,11-12H2,1H3,(H,22,23,25). The number of ether oxygens (including phenoxy) is 1. The van der Waals surface area contributed by atoms with E-state index in [4.69, 9.17) is 4.74 Å². The summed E-state index contributed by atoms with van der Waals surface area (Å²) in [7, 11) is 1.66. The van der Waals surface area contributed by atoms with Crippen LogP contribution in [0.5, 0.6) is 5.75 Å². The molecule has 0 spiro atoms. The zero-order valence-corrected chi connectivity index (χ0v) is 15.9. The highest BCUT2D eigenvalue weighted by atomic mass is 32.1. The summed E-state index contributed by atoms with van der Waals surface area (Å²) in [6, 6.07) is 17.9. The largest absolute Gasteiger partial charge is 0.497 e. The summed E-state index contributed by atoms with van der Waals surface area (Å²) in [5, 5.41) is 5.55. The Bertz CT molecular complexity index is 926. The summed E-state index contributed by atoms with van der Waals surface area (Å²) in [4.78, 5) is 19.3. The van der Waals surface area contributed by atoms with Gasteiger partial charge >= 0.3 is 6.03 Å². The number of rotatable bonds is 4. The molecule has 27 heavy (non-hydrogen) atoms. The molecule has 0 radical (unpaired) electrons. The fourth-order valence-electron chi connectivity index (χ4n) is 3.44. The van der Waals surface area contributed by atoms with Gasteiger partial charge in [0.15, 0.2) is 5.13 Å². The van der Waals surface area contributed by atoms with Crippen molar-refractivity contribution in [3.8, 4) is 17.0 Å². The van der Waals surface area contributed by atoms with E-state index in [1.165, 1.54) is 11.3 Å². The molecule has 2 heterocycles. The highest BCUT2D eigenvalue weighted by molar-refractivity contribution is 7.14. The first-order valence-electron chi connectivity index (χ1n) is 8.97. The second-order valence-corrected chi connectivity index (χ2v) is 7.32. The van der Waals surface area contributed by atoms with Crippen LogP contribution in [0.15, 0.2) is 60.0 Å². The fraction of sp³-hybridized carbons (Fsp3) is 0.238. The van der Waals surface area contributed by atoms with Gasteiger partial charge in [0.05, 0.1) is 18.8 Å². The van der Waals surface area contributed by atoms with Crippen LogP contribution in [-0.4, -0.2) is 29.6 Å². The maximum atomic E-state index is 12.8. The molecule has 2 amide bonds. The molecule has 0 bridgehead atoms. The first-order chi connectivity index (χ1) is 13.2. The van der Waals surface area contributed by atoms with Crippen molar-refractivity contribution in [2.24, 2.45) is 0 Å². The lowest BCUT2D eigenvalue weighted by Crippen LogP contribution is -2.34. The van der Waals surface area contributed by atoms with Gasteiger partial charge in [-0.25, -0.2) is 9.78 Å². The molecule has 4 rings (SSSR count). The SMILES string of the molecule is COc1cccc(C2CCCN2C(=O)Nc2nc(-c3ccccc3)cs2)c1. The molecular formula is C21H21N3O2S. The molecule has 1 aliphatic rings. The Morgan fingerprint density at radius 3 is 2.89 bits per heavy atom. The van der Waals surface area contributed by atoms with Gasteiger partial charge in [0.2, 0.25) is 0 Å². The van der Waals surface area contributed by atoms with Crippen molar-refractivity contribution >= 4 is 22.5 Å². The minimum absolute atomic E-state index is 0.0636. The average Bonchev–Trinajstić information content (AvgIpc) is 3.38. The monoisotopic (exact) mass is 379 g/mol. The summed E-state index contributed by atoms with van der Waals surface area (Å²) in [6.07, 6.45) is 1.94. The van der Waals surface area contributed by atoms with Gasteiger partial charge in [0.25, 0.3) is 0 Å². The number of nitrogens with zero attached hydrogens (tertiary/aromatic N) is 2. The lowest BCUT2D eigenvalue weighted by atomic mass is 10.0. The Hall–Kier alpha value is -2.86. The Kier molecular flexibility index (Phi) is 5.07. The van der Waals surface area contributed by atoms with Crippen LogP contribution in [0.1, 0.15) is 24.4 Å². The van der Waals surface area contributed by atoms with Crippen molar-refractivity contribution in [1.82, 2.24) is 9.88 Å². The summed E-state index contributed by atoms with van der Waals surface area (Å²) in [5.74, 6) is 0.812. The maximum absolute atomic E-state index is 12.8. The molecule has 6 heteroatoms. The molecule has 1 atom stereocenters. The molecule has 5 nitrogen and oxygen atoms in total. The van der Waals surface area contributed by atoms with E-state index < -0.39 is 0 Å². The van der Waals surface area contributed by atoms with Gasteiger partial charge in [-0.15, -0.1) is 11.3 Å².